The Kier molecular flexibility index (Phi) is 15.3. The summed E-state index contributed by atoms with van der Waals surface area (Å²) in [6.45, 7) is 14.3. The van der Waals surface area contributed by atoms with Gasteiger partial charge in [-0.25, -0.2) is 0 Å². The highest BCUT2D eigenvalue weighted by atomic mass is 15.1. The van der Waals surface area contributed by atoms with Gasteiger partial charge in [0.25, 0.3) is 0 Å². The fourth-order valence-corrected chi connectivity index (χ4v) is 16.9. The van der Waals surface area contributed by atoms with E-state index in [0.717, 1.165) is 22.7 Å². The largest absolute Gasteiger partial charge is 0.310 e. The van der Waals surface area contributed by atoms with Crippen LogP contribution in [0.3, 0.4) is 0 Å². The highest BCUT2D eigenvalue weighted by Gasteiger charge is 2.40. The highest BCUT2D eigenvalue weighted by molar-refractivity contribution is 5.94. The quantitative estimate of drug-likeness (QED) is 0.127. The summed E-state index contributed by atoms with van der Waals surface area (Å²) in [7, 11) is 0. The minimum absolute atomic E-state index is 0.0882. The average Bonchev–Trinajstić information content (AvgIpc) is 1.60. The van der Waals surface area contributed by atoms with Gasteiger partial charge in [0.1, 0.15) is 0 Å². The second kappa shape index (κ2) is 25.1. The molecule has 2 heteroatoms. The zero-order valence-corrected chi connectivity index (χ0v) is 59.0. The molecule has 0 fully saturated rings. The lowest BCUT2D eigenvalue weighted by Gasteiger charge is -2.30. The molecule has 19 rings (SSSR count). The molecule has 0 amide bonds. The van der Waals surface area contributed by atoms with Crippen molar-refractivity contribution in [3.05, 3.63) is 397 Å². The Morgan fingerprint density at radius 2 is 0.388 bits per heavy atom. The molecule has 0 atom stereocenters. The third-order valence-corrected chi connectivity index (χ3v) is 22.5. The summed E-state index contributed by atoms with van der Waals surface area (Å²) in [5.41, 5.74) is 35.0. The molecule has 0 aliphatic heterocycles. The first-order valence-corrected chi connectivity index (χ1v) is 36.2. The van der Waals surface area contributed by atoms with Gasteiger partial charge in [-0.05, 0) is 241 Å². The molecule has 0 saturated carbocycles. The van der Waals surface area contributed by atoms with Crippen LogP contribution in [0.4, 0.5) is 34.1 Å². The van der Waals surface area contributed by atoms with Crippen LogP contribution in [0.2, 0.25) is 0 Å². The third-order valence-electron chi connectivity index (χ3n) is 22.5. The average molecular weight is 1320 g/mol. The lowest BCUT2D eigenvalue weighted by molar-refractivity contribution is 0.660. The number of anilines is 6. The molecular weight excluding hydrogens is 1240 g/mol. The first-order chi connectivity index (χ1) is 50.3. The summed E-state index contributed by atoms with van der Waals surface area (Å²) in [6.07, 6.45) is 0. The summed E-state index contributed by atoms with van der Waals surface area (Å²) < 4.78 is 0. The maximum atomic E-state index is 2.45. The smallest absolute Gasteiger partial charge is 0.0465 e. The second-order valence-electron chi connectivity index (χ2n) is 29.7. The Balaban J connectivity index is 0.000000147. The van der Waals surface area contributed by atoms with Crippen molar-refractivity contribution in [3.8, 4) is 89.0 Å². The molecule has 0 spiro atoms. The molecule has 103 heavy (non-hydrogen) atoms. The molecule has 3 aliphatic rings. The van der Waals surface area contributed by atoms with Crippen LogP contribution >= 0.6 is 0 Å². The predicted octanol–water partition coefficient (Wildman–Crippen LogP) is 27.9. The van der Waals surface area contributed by atoms with E-state index >= 15 is 0 Å². The monoisotopic (exact) mass is 1320 g/mol. The van der Waals surface area contributed by atoms with Crippen LogP contribution in [0.25, 0.3) is 111 Å². The minimum atomic E-state index is -0.169. The Hall–Kier alpha value is -12.4. The van der Waals surface area contributed by atoms with Crippen molar-refractivity contribution in [3.63, 3.8) is 0 Å². The minimum Gasteiger partial charge on any atom is -0.310 e. The molecular formula is C101H78N2. The van der Waals surface area contributed by atoms with Gasteiger partial charge in [-0.1, -0.05) is 308 Å². The molecule has 0 radical (unpaired) electrons. The van der Waals surface area contributed by atoms with Gasteiger partial charge in [-0.15, -0.1) is 0 Å². The third kappa shape index (κ3) is 11.0. The number of fused-ring (bicyclic) bond motifs is 11. The zero-order valence-electron chi connectivity index (χ0n) is 59.0. The van der Waals surface area contributed by atoms with E-state index in [1.807, 2.05) is 0 Å². The van der Waals surface area contributed by atoms with Crippen molar-refractivity contribution in [2.75, 3.05) is 9.80 Å². The fraction of sp³-hybridized carbons (Fsp3) is 0.0891. The van der Waals surface area contributed by atoms with Crippen LogP contribution in [-0.4, -0.2) is 0 Å². The van der Waals surface area contributed by atoms with E-state index in [-0.39, 0.29) is 16.2 Å². The summed E-state index contributed by atoms with van der Waals surface area (Å²) >= 11 is 0. The van der Waals surface area contributed by atoms with Gasteiger partial charge >= 0.3 is 0 Å². The van der Waals surface area contributed by atoms with Gasteiger partial charge in [0.2, 0.25) is 0 Å². The number of nitrogens with zero attached hydrogens (tertiary/aromatic N) is 2. The van der Waals surface area contributed by atoms with E-state index < -0.39 is 0 Å². The van der Waals surface area contributed by atoms with Crippen molar-refractivity contribution in [2.45, 2.75) is 57.8 Å². The number of benzene rings is 16. The molecule has 0 aromatic heterocycles. The summed E-state index contributed by atoms with van der Waals surface area (Å²) in [4.78, 5) is 4.84. The number of hydrogen-bond acceptors (Lipinski definition) is 2. The van der Waals surface area contributed by atoms with Gasteiger partial charge in [0, 0.05) is 50.4 Å². The first-order valence-electron chi connectivity index (χ1n) is 36.2. The SMILES string of the molecule is CC1(C)c2cc(-c3ccc4ccccc4c3)ccc2-c2ccc(N(c3ccc(-c4ccccc4)cc3)c3ccc(-c4ccccc4)cc3)cc21.CC1(C)c2ccccc2-c2ccc(N(c3ccc(-c4ccccc4)cc3)c3ccc4c(c3)C(C)(C)c3cc(-c5ccc6ccccc6c5)ccc3-4)cc21. The van der Waals surface area contributed by atoms with Crippen molar-refractivity contribution in [1.82, 2.24) is 0 Å². The van der Waals surface area contributed by atoms with Crippen LogP contribution in [-0.2, 0) is 16.2 Å². The molecule has 492 valence electrons. The molecule has 0 N–H and O–H groups in total. The predicted molar refractivity (Wildman–Crippen MR) is 437 cm³/mol. The summed E-state index contributed by atoms with van der Waals surface area (Å²) in [5.74, 6) is 0. The maximum Gasteiger partial charge on any atom is 0.0465 e. The Bertz CT molecular complexity index is 5840. The van der Waals surface area contributed by atoms with E-state index in [1.165, 1.54) is 155 Å². The highest BCUT2D eigenvalue weighted by Crippen LogP contribution is 2.56. The van der Waals surface area contributed by atoms with Gasteiger partial charge in [-0.3, -0.25) is 0 Å². The first kappa shape index (κ1) is 62.9. The molecule has 0 unspecified atom stereocenters. The molecule has 0 saturated heterocycles. The molecule has 2 nitrogen and oxygen atoms in total. The van der Waals surface area contributed by atoms with E-state index in [9.17, 15) is 0 Å². The number of rotatable bonds is 11. The zero-order chi connectivity index (χ0) is 69.6. The molecule has 0 bridgehead atoms. The molecule has 16 aromatic carbocycles. The second-order valence-corrected chi connectivity index (χ2v) is 29.7. The van der Waals surface area contributed by atoms with Crippen LogP contribution < -0.4 is 9.80 Å². The van der Waals surface area contributed by atoms with Gasteiger partial charge in [-0.2, -0.15) is 0 Å². The van der Waals surface area contributed by atoms with Gasteiger partial charge < -0.3 is 9.80 Å². The molecule has 0 heterocycles. The summed E-state index contributed by atoms with van der Waals surface area (Å²) in [5, 5.41) is 5.08. The lowest BCUT2D eigenvalue weighted by atomic mass is 9.81. The van der Waals surface area contributed by atoms with Crippen molar-refractivity contribution in [2.24, 2.45) is 0 Å². The Labute approximate surface area is 605 Å². The standard InChI is InChI=1S/C52H41N.C49H37N/c1-51(2)47-17-11-10-16-43(47)45-28-25-41(32-49(45)51)53(40-23-20-36(21-24-40)34-12-6-5-7-13-34)42-26-29-46-44-27-22-39(31-48(44)52(3,4)50(46)33-42)38-19-18-35-14-8-9-15-37(35)30-38;1-49(2)47-32-41(40-18-17-36-15-9-10-16-39(36)31-40)23-29-45(47)46-30-28-44(33-48(46)49)50(42-24-19-37(20-25-42)34-11-5-3-6-12-34)43-26-21-38(22-27-43)35-13-7-4-8-14-35/h5-33H,1-4H3;3-33H,1-2H3. The van der Waals surface area contributed by atoms with E-state index in [0.29, 0.717) is 0 Å². The van der Waals surface area contributed by atoms with Crippen molar-refractivity contribution < 1.29 is 0 Å². The van der Waals surface area contributed by atoms with Crippen LogP contribution in [0.5, 0.6) is 0 Å². The lowest BCUT2D eigenvalue weighted by Crippen LogP contribution is -2.18. The summed E-state index contributed by atoms with van der Waals surface area (Å²) in [6, 6.07) is 134. The maximum absolute atomic E-state index is 2.45. The van der Waals surface area contributed by atoms with Crippen molar-refractivity contribution in [1.29, 1.82) is 0 Å². The molecule has 3 aliphatic carbocycles. The van der Waals surface area contributed by atoms with E-state index in [1.54, 1.807) is 0 Å². The van der Waals surface area contributed by atoms with E-state index in [4.69, 9.17) is 0 Å². The van der Waals surface area contributed by atoms with Crippen LogP contribution in [0.1, 0.15) is 74.9 Å². The van der Waals surface area contributed by atoms with Crippen LogP contribution in [0, 0.1) is 0 Å². The fourth-order valence-electron chi connectivity index (χ4n) is 16.9. The number of hydrogen-bond donors (Lipinski definition) is 0. The van der Waals surface area contributed by atoms with Crippen LogP contribution in [0.15, 0.2) is 364 Å². The van der Waals surface area contributed by atoms with Gasteiger partial charge in [0.05, 0.1) is 0 Å². The van der Waals surface area contributed by atoms with Gasteiger partial charge in [0.15, 0.2) is 0 Å². The van der Waals surface area contributed by atoms with Crippen molar-refractivity contribution >= 4 is 55.7 Å². The Morgan fingerprint density at radius 1 is 0.155 bits per heavy atom. The molecule has 16 aromatic rings. The van der Waals surface area contributed by atoms with E-state index in [2.05, 4.69) is 415 Å². The Morgan fingerprint density at radius 3 is 0.757 bits per heavy atom. The normalized spacial score (nSPS) is 13.6. The topological polar surface area (TPSA) is 6.48 Å².